The summed E-state index contributed by atoms with van der Waals surface area (Å²) in [5, 5.41) is 3.25. The van der Waals surface area contributed by atoms with Gasteiger partial charge in [-0.05, 0) is 30.3 Å². The number of amides is 1. The SMILES string of the molecule is COc1ccc(Cl)cc1C(=O)NCC(OC)c1ccco1. The van der Waals surface area contributed by atoms with Crippen LogP contribution in [0, 0.1) is 0 Å². The van der Waals surface area contributed by atoms with Crippen LogP contribution in [0.3, 0.4) is 0 Å². The molecule has 0 spiro atoms. The van der Waals surface area contributed by atoms with Crippen LogP contribution in [0.4, 0.5) is 0 Å². The normalized spacial score (nSPS) is 12.0. The van der Waals surface area contributed by atoms with Gasteiger partial charge in [-0.1, -0.05) is 11.6 Å². The summed E-state index contributed by atoms with van der Waals surface area (Å²) in [6.07, 6.45) is 1.21. The zero-order valence-electron chi connectivity index (χ0n) is 11.8. The van der Waals surface area contributed by atoms with E-state index in [-0.39, 0.29) is 18.6 Å². The average molecular weight is 310 g/mol. The third-order valence-electron chi connectivity index (χ3n) is 3.00. The van der Waals surface area contributed by atoms with Crippen molar-refractivity contribution in [3.05, 3.63) is 52.9 Å². The van der Waals surface area contributed by atoms with E-state index in [9.17, 15) is 4.79 Å². The van der Waals surface area contributed by atoms with Gasteiger partial charge in [0.2, 0.25) is 0 Å². The Morgan fingerprint density at radius 3 is 2.81 bits per heavy atom. The lowest BCUT2D eigenvalue weighted by molar-refractivity contribution is 0.0737. The lowest BCUT2D eigenvalue weighted by atomic mass is 10.2. The van der Waals surface area contributed by atoms with Crippen LogP contribution in [0.1, 0.15) is 22.2 Å². The van der Waals surface area contributed by atoms with E-state index in [1.54, 1.807) is 43.7 Å². The lowest BCUT2D eigenvalue weighted by Gasteiger charge is -2.15. The Morgan fingerprint density at radius 2 is 2.19 bits per heavy atom. The van der Waals surface area contributed by atoms with E-state index in [1.807, 2.05) is 0 Å². The molecule has 0 fully saturated rings. The van der Waals surface area contributed by atoms with Crippen LogP contribution in [0.15, 0.2) is 41.0 Å². The minimum absolute atomic E-state index is 0.276. The molecule has 0 saturated heterocycles. The highest BCUT2D eigenvalue weighted by Gasteiger charge is 2.17. The lowest BCUT2D eigenvalue weighted by Crippen LogP contribution is -2.29. The van der Waals surface area contributed by atoms with Crippen molar-refractivity contribution in [1.29, 1.82) is 0 Å². The van der Waals surface area contributed by atoms with Crippen molar-refractivity contribution >= 4 is 17.5 Å². The van der Waals surface area contributed by atoms with Crippen molar-refractivity contribution in [1.82, 2.24) is 5.32 Å². The second-order valence-corrected chi connectivity index (χ2v) is 4.73. The quantitative estimate of drug-likeness (QED) is 0.891. The van der Waals surface area contributed by atoms with Crippen molar-refractivity contribution in [3.63, 3.8) is 0 Å². The van der Waals surface area contributed by atoms with Crippen LogP contribution in [-0.2, 0) is 4.74 Å². The Morgan fingerprint density at radius 1 is 1.38 bits per heavy atom. The molecule has 1 amide bonds. The number of methoxy groups -OCH3 is 2. The van der Waals surface area contributed by atoms with E-state index < -0.39 is 0 Å². The molecule has 0 aliphatic rings. The first kappa shape index (κ1) is 15.4. The summed E-state index contributed by atoms with van der Waals surface area (Å²) in [7, 11) is 3.06. The molecule has 1 aromatic heterocycles. The molecule has 0 radical (unpaired) electrons. The van der Waals surface area contributed by atoms with Crippen LogP contribution in [0.5, 0.6) is 5.75 Å². The van der Waals surface area contributed by atoms with E-state index in [2.05, 4.69) is 5.32 Å². The van der Waals surface area contributed by atoms with E-state index in [4.69, 9.17) is 25.5 Å². The van der Waals surface area contributed by atoms with Crippen LogP contribution in [-0.4, -0.2) is 26.7 Å². The van der Waals surface area contributed by atoms with Gasteiger partial charge in [0.15, 0.2) is 0 Å². The van der Waals surface area contributed by atoms with Gasteiger partial charge in [0, 0.05) is 12.1 Å². The Labute approximate surface area is 127 Å². The van der Waals surface area contributed by atoms with Gasteiger partial charge in [0.1, 0.15) is 17.6 Å². The monoisotopic (exact) mass is 309 g/mol. The van der Waals surface area contributed by atoms with Crippen molar-refractivity contribution in [2.75, 3.05) is 20.8 Å². The molecular weight excluding hydrogens is 294 g/mol. The second-order valence-electron chi connectivity index (χ2n) is 4.29. The molecule has 5 nitrogen and oxygen atoms in total. The van der Waals surface area contributed by atoms with Crippen molar-refractivity contribution in [2.45, 2.75) is 6.10 Å². The van der Waals surface area contributed by atoms with E-state index in [0.717, 1.165) is 0 Å². The second kappa shape index (κ2) is 7.15. The highest BCUT2D eigenvalue weighted by atomic mass is 35.5. The van der Waals surface area contributed by atoms with Gasteiger partial charge in [-0.3, -0.25) is 4.79 Å². The smallest absolute Gasteiger partial charge is 0.255 e. The van der Waals surface area contributed by atoms with Crippen LogP contribution < -0.4 is 10.1 Å². The molecular formula is C15H16ClNO4. The predicted molar refractivity (Wildman–Crippen MR) is 78.8 cm³/mol. The predicted octanol–water partition coefficient (Wildman–Crippen LogP) is 3.06. The number of ether oxygens (including phenoxy) is 2. The Kier molecular flexibility index (Phi) is 5.25. The number of carbonyl (C=O) groups excluding carboxylic acids is 1. The molecule has 2 rings (SSSR count). The Balaban J connectivity index is 2.06. The molecule has 6 heteroatoms. The first-order valence-corrected chi connectivity index (χ1v) is 6.71. The van der Waals surface area contributed by atoms with Crippen molar-refractivity contribution in [3.8, 4) is 5.75 Å². The third kappa shape index (κ3) is 3.77. The fourth-order valence-electron chi connectivity index (χ4n) is 1.91. The van der Waals surface area contributed by atoms with Gasteiger partial charge in [0.25, 0.3) is 5.91 Å². The molecule has 0 aliphatic heterocycles. The number of carbonyl (C=O) groups is 1. The maximum absolute atomic E-state index is 12.2. The fraction of sp³-hybridized carbons (Fsp3) is 0.267. The highest BCUT2D eigenvalue weighted by Crippen LogP contribution is 2.23. The molecule has 0 bridgehead atoms. The summed E-state index contributed by atoms with van der Waals surface area (Å²) in [5.74, 6) is 0.822. The topological polar surface area (TPSA) is 60.7 Å². The van der Waals surface area contributed by atoms with Gasteiger partial charge in [-0.15, -0.1) is 0 Å². The first-order chi connectivity index (χ1) is 10.2. The van der Waals surface area contributed by atoms with Crippen molar-refractivity contribution in [2.24, 2.45) is 0 Å². The number of nitrogens with one attached hydrogen (secondary N) is 1. The third-order valence-corrected chi connectivity index (χ3v) is 3.23. The standard InChI is InChI=1S/C15H16ClNO4/c1-19-12-6-5-10(16)8-11(12)15(18)17-9-14(20-2)13-4-3-7-21-13/h3-8,14H,9H2,1-2H3,(H,17,18). The minimum Gasteiger partial charge on any atom is -0.496 e. The molecule has 1 atom stereocenters. The van der Waals surface area contributed by atoms with E-state index in [1.165, 1.54) is 7.11 Å². The summed E-state index contributed by atoms with van der Waals surface area (Å²) in [4.78, 5) is 12.2. The fourth-order valence-corrected chi connectivity index (χ4v) is 2.08. The maximum Gasteiger partial charge on any atom is 0.255 e. The molecule has 1 unspecified atom stereocenters. The first-order valence-electron chi connectivity index (χ1n) is 6.33. The zero-order valence-corrected chi connectivity index (χ0v) is 12.5. The number of hydrogen-bond acceptors (Lipinski definition) is 4. The molecule has 2 aromatic rings. The summed E-state index contributed by atoms with van der Waals surface area (Å²) in [6.45, 7) is 0.276. The molecule has 112 valence electrons. The van der Waals surface area contributed by atoms with Crippen molar-refractivity contribution < 1.29 is 18.7 Å². The number of rotatable bonds is 6. The summed E-state index contributed by atoms with van der Waals surface area (Å²) >= 11 is 5.91. The summed E-state index contributed by atoms with van der Waals surface area (Å²) in [5.41, 5.74) is 0.374. The number of halogens is 1. The highest BCUT2D eigenvalue weighted by molar-refractivity contribution is 6.31. The molecule has 0 saturated carbocycles. The number of benzene rings is 1. The largest absolute Gasteiger partial charge is 0.496 e. The molecule has 1 aromatic carbocycles. The Hall–Kier alpha value is -1.98. The number of furan rings is 1. The van der Waals surface area contributed by atoms with E-state index in [0.29, 0.717) is 22.1 Å². The zero-order chi connectivity index (χ0) is 15.2. The van der Waals surface area contributed by atoms with Gasteiger partial charge < -0.3 is 19.2 Å². The van der Waals surface area contributed by atoms with Crippen LogP contribution >= 0.6 is 11.6 Å². The number of hydrogen-bond donors (Lipinski definition) is 1. The summed E-state index contributed by atoms with van der Waals surface area (Å²) < 4.78 is 15.7. The molecule has 1 N–H and O–H groups in total. The Bertz CT molecular complexity index is 598. The van der Waals surface area contributed by atoms with Gasteiger partial charge >= 0.3 is 0 Å². The van der Waals surface area contributed by atoms with Gasteiger partial charge in [-0.25, -0.2) is 0 Å². The molecule has 1 heterocycles. The summed E-state index contributed by atoms with van der Waals surface area (Å²) in [6, 6.07) is 8.43. The average Bonchev–Trinajstić information content (AvgIpc) is 3.02. The molecule has 0 aliphatic carbocycles. The maximum atomic E-state index is 12.2. The van der Waals surface area contributed by atoms with E-state index >= 15 is 0 Å². The minimum atomic E-state index is -0.353. The van der Waals surface area contributed by atoms with Gasteiger partial charge in [0.05, 0.1) is 25.5 Å². The van der Waals surface area contributed by atoms with Crippen LogP contribution in [0.25, 0.3) is 0 Å². The molecule has 21 heavy (non-hydrogen) atoms. The van der Waals surface area contributed by atoms with Gasteiger partial charge in [-0.2, -0.15) is 0 Å². The van der Waals surface area contributed by atoms with Crippen LogP contribution in [0.2, 0.25) is 5.02 Å².